The molecule has 1 aliphatic rings. The first kappa shape index (κ1) is 15.4. The third-order valence-corrected chi connectivity index (χ3v) is 4.86. The van der Waals surface area contributed by atoms with Gasteiger partial charge in [0, 0.05) is 18.5 Å². The second-order valence-electron chi connectivity index (χ2n) is 6.29. The predicted octanol–water partition coefficient (Wildman–Crippen LogP) is 2.01. The Hall–Kier alpha value is -3.14. The lowest BCUT2D eigenvalue weighted by atomic mass is 10.0. The summed E-state index contributed by atoms with van der Waals surface area (Å²) in [4.78, 5) is 21.3. The fraction of sp³-hybridized carbons (Fsp3) is 0.333. The van der Waals surface area contributed by atoms with Gasteiger partial charge in [0.2, 0.25) is 0 Å². The number of hydrogen-bond donors (Lipinski definition) is 1. The zero-order chi connectivity index (χ0) is 17.4. The lowest BCUT2D eigenvalue weighted by Crippen LogP contribution is -2.25. The summed E-state index contributed by atoms with van der Waals surface area (Å²) in [5.41, 5.74) is 2.52. The zero-order valence-corrected chi connectivity index (χ0v) is 13.9. The Bertz CT molecular complexity index is 1010. The van der Waals surface area contributed by atoms with Gasteiger partial charge in [-0.3, -0.25) is 4.79 Å². The molecule has 1 saturated heterocycles. The number of nitrogens with one attached hydrogen (secondary N) is 1. The molecular formula is C18H18N6O. The number of aryl methyl sites for hydroxylation is 1. The van der Waals surface area contributed by atoms with Crippen molar-refractivity contribution in [1.29, 1.82) is 5.26 Å². The molecule has 2 aromatic heterocycles. The van der Waals surface area contributed by atoms with Crippen LogP contribution in [0.2, 0.25) is 0 Å². The third-order valence-electron chi connectivity index (χ3n) is 4.86. The molecule has 0 unspecified atom stereocenters. The van der Waals surface area contributed by atoms with Crippen LogP contribution in [0.25, 0.3) is 10.9 Å². The molecule has 3 heterocycles. The van der Waals surface area contributed by atoms with E-state index in [9.17, 15) is 10.1 Å². The molecule has 1 aliphatic heterocycles. The maximum atomic E-state index is 12.4. The molecule has 1 N–H and O–H groups in total. The van der Waals surface area contributed by atoms with E-state index in [1.807, 2.05) is 16.8 Å². The van der Waals surface area contributed by atoms with E-state index in [0.29, 0.717) is 6.54 Å². The number of aromatic amines is 1. The average molecular weight is 334 g/mol. The van der Waals surface area contributed by atoms with E-state index in [4.69, 9.17) is 0 Å². The Morgan fingerprint density at radius 3 is 3.04 bits per heavy atom. The van der Waals surface area contributed by atoms with E-state index >= 15 is 0 Å². The minimum atomic E-state index is -0.335. The molecule has 1 atom stereocenters. The molecule has 25 heavy (non-hydrogen) atoms. The molecule has 4 rings (SSSR count). The molecule has 7 heteroatoms. The summed E-state index contributed by atoms with van der Waals surface area (Å²) in [7, 11) is 0. The Kier molecular flexibility index (Phi) is 3.73. The maximum absolute atomic E-state index is 12.4. The Morgan fingerprint density at radius 2 is 2.32 bits per heavy atom. The lowest BCUT2D eigenvalue weighted by molar-refractivity contribution is 0.493. The highest BCUT2D eigenvalue weighted by Gasteiger charge is 2.28. The van der Waals surface area contributed by atoms with Gasteiger partial charge in [0.15, 0.2) is 0 Å². The van der Waals surface area contributed by atoms with E-state index in [1.54, 1.807) is 6.33 Å². The molecule has 3 aromatic rings. The van der Waals surface area contributed by atoms with Crippen molar-refractivity contribution in [2.24, 2.45) is 0 Å². The van der Waals surface area contributed by atoms with Gasteiger partial charge in [-0.15, -0.1) is 0 Å². The molecule has 0 saturated carbocycles. The number of aromatic nitrogens is 4. The summed E-state index contributed by atoms with van der Waals surface area (Å²) in [6, 6.07) is 8.30. The SMILES string of the molecule is CCc1ccc2[nH]c(=O)c(C#N)c(N3CC[C@H](n4cncn4)C3)c2c1. The largest absolute Gasteiger partial charge is 0.368 e. The number of pyridine rings is 1. The summed E-state index contributed by atoms with van der Waals surface area (Å²) in [5.74, 6) is 0. The topological polar surface area (TPSA) is 90.6 Å². The van der Waals surface area contributed by atoms with E-state index < -0.39 is 0 Å². The summed E-state index contributed by atoms with van der Waals surface area (Å²) >= 11 is 0. The first-order chi connectivity index (χ1) is 12.2. The van der Waals surface area contributed by atoms with Crippen molar-refractivity contribution in [2.45, 2.75) is 25.8 Å². The van der Waals surface area contributed by atoms with Crippen LogP contribution in [0.5, 0.6) is 0 Å². The number of rotatable bonds is 3. The van der Waals surface area contributed by atoms with Crippen molar-refractivity contribution in [3.63, 3.8) is 0 Å². The minimum absolute atomic E-state index is 0.181. The monoisotopic (exact) mass is 334 g/mol. The van der Waals surface area contributed by atoms with E-state index in [0.717, 1.165) is 36.0 Å². The van der Waals surface area contributed by atoms with Gasteiger partial charge < -0.3 is 9.88 Å². The average Bonchev–Trinajstić information content (AvgIpc) is 3.31. The van der Waals surface area contributed by atoms with Crippen LogP contribution in [-0.2, 0) is 6.42 Å². The van der Waals surface area contributed by atoms with Crippen LogP contribution in [0.3, 0.4) is 0 Å². The second kappa shape index (κ2) is 6.06. The smallest absolute Gasteiger partial charge is 0.268 e. The van der Waals surface area contributed by atoms with Crippen LogP contribution < -0.4 is 10.5 Å². The lowest BCUT2D eigenvalue weighted by Gasteiger charge is -2.22. The Balaban J connectivity index is 1.85. The van der Waals surface area contributed by atoms with Crippen molar-refractivity contribution in [3.05, 3.63) is 52.3 Å². The standard InChI is InChI=1S/C18H18N6O/c1-2-12-3-4-16-14(7-12)17(15(8-19)18(25)22-16)23-6-5-13(9-23)24-11-20-10-21-24/h3-4,7,10-11,13H,2,5-6,9H2,1H3,(H,22,25)/t13-/m0/s1. The highest BCUT2D eigenvalue weighted by molar-refractivity contribution is 5.95. The van der Waals surface area contributed by atoms with Gasteiger partial charge in [-0.1, -0.05) is 13.0 Å². The van der Waals surface area contributed by atoms with Crippen LogP contribution >= 0.6 is 0 Å². The molecule has 126 valence electrons. The van der Waals surface area contributed by atoms with E-state index in [-0.39, 0.29) is 17.2 Å². The van der Waals surface area contributed by atoms with Crippen molar-refractivity contribution < 1.29 is 0 Å². The fourth-order valence-electron chi connectivity index (χ4n) is 3.54. The summed E-state index contributed by atoms with van der Waals surface area (Å²) < 4.78 is 1.85. The van der Waals surface area contributed by atoms with Crippen LogP contribution in [0.1, 0.15) is 30.5 Å². The van der Waals surface area contributed by atoms with Gasteiger partial charge in [-0.2, -0.15) is 10.4 Å². The summed E-state index contributed by atoms with van der Waals surface area (Å²) in [6.07, 6.45) is 5.04. The molecule has 0 aliphatic carbocycles. The number of anilines is 1. The summed E-state index contributed by atoms with van der Waals surface area (Å²) in [6.45, 7) is 3.56. The van der Waals surface area contributed by atoms with Crippen LogP contribution in [0.4, 0.5) is 5.69 Å². The van der Waals surface area contributed by atoms with Gasteiger partial charge in [0.25, 0.3) is 5.56 Å². The number of hydrogen-bond acceptors (Lipinski definition) is 5. The van der Waals surface area contributed by atoms with Gasteiger partial charge in [-0.05, 0) is 30.5 Å². The van der Waals surface area contributed by atoms with Crippen molar-refractivity contribution in [1.82, 2.24) is 19.7 Å². The van der Waals surface area contributed by atoms with Crippen molar-refractivity contribution in [2.75, 3.05) is 18.0 Å². The first-order valence-corrected chi connectivity index (χ1v) is 8.39. The highest BCUT2D eigenvalue weighted by atomic mass is 16.1. The van der Waals surface area contributed by atoms with Crippen molar-refractivity contribution in [3.8, 4) is 6.07 Å². The van der Waals surface area contributed by atoms with Crippen LogP contribution in [0.15, 0.2) is 35.6 Å². The normalized spacial score (nSPS) is 17.1. The molecule has 1 aromatic carbocycles. The van der Waals surface area contributed by atoms with Crippen LogP contribution in [-0.4, -0.2) is 32.8 Å². The minimum Gasteiger partial charge on any atom is -0.368 e. The number of benzene rings is 1. The quantitative estimate of drug-likeness (QED) is 0.791. The van der Waals surface area contributed by atoms with E-state index in [2.05, 4.69) is 39.0 Å². The Morgan fingerprint density at radius 1 is 1.44 bits per heavy atom. The fourth-order valence-corrected chi connectivity index (χ4v) is 3.54. The maximum Gasteiger partial charge on any atom is 0.268 e. The van der Waals surface area contributed by atoms with Gasteiger partial charge >= 0.3 is 0 Å². The van der Waals surface area contributed by atoms with Gasteiger partial charge in [0.1, 0.15) is 24.3 Å². The predicted molar refractivity (Wildman–Crippen MR) is 94.6 cm³/mol. The van der Waals surface area contributed by atoms with Gasteiger partial charge in [0.05, 0.1) is 17.2 Å². The van der Waals surface area contributed by atoms with Crippen LogP contribution in [0, 0.1) is 11.3 Å². The number of nitrogens with zero attached hydrogens (tertiary/aromatic N) is 5. The van der Waals surface area contributed by atoms with Gasteiger partial charge in [-0.25, -0.2) is 9.67 Å². The highest BCUT2D eigenvalue weighted by Crippen LogP contribution is 2.33. The number of nitriles is 1. The molecule has 0 amide bonds. The second-order valence-corrected chi connectivity index (χ2v) is 6.29. The molecule has 0 bridgehead atoms. The molecule has 0 radical (unpaired) electrons. The first-order valence-electron chi connectivity index (χ1n) is 8.39. The number of fused-ring (bicyclic) bond motifs is 1. The zero-order valence-electron chi connectivity index (χ0n) is 13.9. The molecule has 7 nitrogen and oxygen atoms in total. The van der Waals surface area contributed by atoms with E-state index in [1.165, 1.54) is 11.9 Å². The van der Waals surface area contributed by atoms with Crippen molar-refractivity contribution >= 4 is 16.6 Å². The third kappa shape index (κ3) is 2.56. The Labute approximate surface area is 144 Å². The summed E-state index contributed by atoms with van der Waals surface area (Å²) in [5, 5.41) is 14.7. The number of H-pyrrole nitrogens is 1. The molecule has 0 spiro atoms. The molecule has 1 fully saturated rings. The molecular weight excluding hydrogens is 316 g/mol.